The van der Waals surface area contributed by atoms with Crippen LogP contribution < -0.4 is 16.1 Å². The van der Waals surface area contributed by atoms with Crippen LogP contribution in [0.4, 0.5) is 11.4 Å². The lowest BCUT2D eigenvalue weighted by molar-refractivity contribution is -0.120. The number of nitrogens with two attached hydrogens (primary N) is 1. The number of hydroxylamine groups is 1. The number of alkyl halides is 1. The minimum Gasteiger partial charge on any atom is -0.399 e. The molecule has 1 aromatic carbocycles. The Bertz CT molecular complexity index is 411. The maximum Gasteiger partial charge on any atom is 0.237 e. The van der Waals surface area contributed by atoms with Crippen LogP contribution in [0.15, 0.2) is 24.3 Å². The third kappa shape index (κ3) is 4.59. The Hall–Kier alpha value is -1.50. The molecule has 1 amide bonds. The van der Waals surface area contributed by atoms with Crippen LogP contribution >= 0.6 is 11.6 Å². The summed E-state index contributed by atoms with van der Waals surface area (Å²) in [5, 5.41) is 22.0. The summed E-state index contributed by atoms with van der Waals surface area (Å²) in [6.07, 6.45) is 0. The normalized spacial score (nSPS) is 13.7. The zero-order valence-corrected chi connectivity index (χ0v) is 11.3. The van der Waals surface area contributed by atoms with E-state index >= 15 is 0 Å². The van der Waals surface area contributed by atoms with Crippen molar-refractivity contribution >= 4 is 28.9 Å². The second-order valence-corrected chi connectivity index (χ2v) is 4.79. The van der Waals surface area contributed by atoms with Crippen molar-refractivity contribution in [2.45, 2.75) is 18.3 Å². The fourth-order valence-electron chi connectivity index (χ4n) is 1.43. The predicted octanol–water partition coefficient (Wildman–Crippen LogP) is 0.569. The van der Waals surface area contributed by atoms with Crippen LogP contribution in [-0.2, 0) is 4.79 Å². The van der Waals surface area contributed by atoms with E-state index in [1.54, 1.807) is 31.2 Å². The van der Waals surface area contributed by atoms with Crippen molar-refractivity contribution in [3.05, 3.63) is 24.3 Å². The summed E-state index contributed by atoms with van der Waals surface area (Å²) in [4.78, 5) is 11.3. The molecule has 0 fully saturated rings. The highest BCUT2D eigenvalue weighted by molar-refractivity contribution is 6.30. The van der Waals surface area contributed by atoms with Crippen LogP contribution in [0, 0.1) is 0 Å². The molecule has 106 valence electrons. The van der Waals surface area contributed by atoms with Gasteiger partial charge in [0.1, 0.15) is 5.38 Å². The molecule has 0 saturated carbocycles. The first-order valence-electron chi connectivity index (χ1n) is 5.82. The fraction of sp³-hybridized carbons (Fsp3) is 0.417. The van der Waals surface area contributed by atoms with Crippen LogP contribution in [-0.4, -0.2) is 40.8 Å². The van der Waals surface area contributed by atoms with Gasteiger partial charge in [0.15, 0.2) is 0 Å². The first-order chi connectivity index (χ1) is 8.95. The lowest BCUT2D eigenvalue weighted by atomic mass is 10.2. The summed E-state index contributed by atoms with van der Waals surface area (Å²) in [6.45, 7) is 1.30. The summed E-state index contributed by atoms with van der Waals surface area (Å²) in [7, 11) is 0. The molecular weight excluding hydrogens is 270 g/mol. The van der Waals surface area contributed by atoms with Gasteiger partial charge in [0.2, 0.25) is 5.91 Å². The number of anilines is 2. The van der Waals surface area contributed by atoms with Gasteiger partial charge in [0, 0.05) is 12.2 Å². The molecule has 1 aromatic rings. The quantitative estimate of drug-likeness (QED) is 0.348. The topological polar surface area (TPSA) is 98.8 Å². The highest BCUT2D eigenvalue weighted by Crippen LogP contribution is 2.16. The number of carbonyl (C=O) groups excluding carboxylic acids is 1. The number of aliphatic hydroxyl groups excluding tert-OH is 1. The van der Waals surface area contributed by atoms with E-state index in [-0.39, 0.29) is 19.1 Å². The second kappa shape index (κ2) is 7.18. The van der Waals surface area contributed by atoms with Crippen molar-refractivity contribution in [3.8, 4) is 0 Å². The number of amides is 1. The second-order valence-electron chi connectivity index (χ2n) is 4.13. The first kappa shape index (κ1) is 15.6. The molecule has 0 heterocycles. The number of halogens is 1. The van der Waals surface area contributed by atoms with Crippen molar-refractivity contribution < 1.29 is 15.1 Å². The van der Waals surface area contributed by atoms with Gasteiger partial charge in [-0.05, 0) is 31.2 Å². The van der Waals surface area contributed by atoms with E-state index in [9.17, 15) is 15.1 Å². The van der Waals surface area contributed by atoms with Crippen LogP contribution in [0.1, 0.15) is 6.92 Å². The SMILES string of the molecule is CC(Cl)C(=O)NCC(CO)N(O)c1ccc(N)cc1. The van der Waals surface area contributed by atoms with E-state index < -0.39 is 11.4 Å². The number of aliphatic hydroxyl groups is 1. The zero-order chi connectivity index (χ0) is 14.4. The Morgan fingerprint density at radius 2 is 2.05 bits per heavy atom. The molecule has 2 unspecified atom stereocenters. The van der Waals surface area contributed by atoms with E-state index in [4.69, 9.17) is 17.3 Å². The number of hydrogen-bond donors (Lipinski definition) is 4. The Kier molecular flexibility index (Phi) is 5.88. The molecule has 0 spiro atoms. The third-order valence-corrected chi connectivity index (χ3v) is 2.79. The number of nitrogen functional groups attached to an aromatic ring is 1. The van der Waals surface area contributed by atoms with E-state index in [1.807, 2.05) is 0 Å². The maximum absolute atomic E-state index is 11.3. The molecule has 19 heavy (non-hydrogen) atoms. The number of nitrogens with zero attached hydrogens (tertiary/aromatic N) is 1. The minimum absolute atomic E-state index is 0.0767. The molecule has 2 atom stereocenters. The number of carbonyl (C=O) groups is 1. The highest BCUT2D eigenvalue weighted by Gasteiger charge is 2.18. The van der Waals surface area contributed by atoms with E-state index in [1.165, 1.54) is 0 Å². The zero-order valence-electron chi connectivity index (χ0n) is 10.6. The summed E-state index contributed by atoms with van der Waals surface area (Å²) < 4.78 is 0. The summed E-state index contributed by atoms with van der Waals surface area (Å²) >= 11 is 5.60. The van der Waals surface area contributed by atoms with Gasteiger partial charge in [-0.3, -0.25) is 10.0 Å². The molecule has 0 radical (unpaired) electrons. The molecule has 6 nitrogen and oxygen atoms in total. The smallest absolute Gasteiger partial charge is 0.237 e. The minimum atomic E-state index is -0.664. The molecule has 0 aliphatic rings. The molecule has 1 rings (SSSR count). The number of hydrogen-bond acceptors (Lipinski definition) is 5. The van der Waals surface area contributed by atoms with Crippen LogP contribution in [0.3, 0.4) is 0 Å². The van der Waals surface area contributed by atoms with Crippen LogP contribution in [0.2, 0.25) is 0 Å². The monoisotopic (exact) mass is 287 g/mol. The van der Waals surface area contributed by atoms with Crippen LogP contribution in [0.25, 0.3) is 0 Å². The van der Waals surface area contributed by atoms with E-state index in [0.29, 0.717) is 11.4 Å². The molecule has 0 saturated heterocycles. The van der Waals surface area contributed by atoms with Gasteiger partial charge in [-0.1, -0.05) is 0 Å². The van der Waals surface area contributed by atoms with Gasteiger partial charge < -0.3 is 16.2 Å². The van der Waals surface area contributed by atoms with Gasteiger partial charge in [-0.2, -0.15) is 0 Å². The first-order valence-corrected chi connectivity index (χ1v) is 6.25. The molecule has 0 bridgehead atoms. The molecular formula is C12H18ClN3O3. The predicted molar refractivity (Wildman–Crippen MR) is 74.3 cm³/mol. The lowest BCUT2D eigenvalue weighted by Gasteiger charge is -2.26. The summed E-state index contributed by atoms with van der Waals surface area (Å²) in [6, 6.07) is 5.83. The highest BCUT2D eigenvalue weighted by atomic mass is 35.5. The van der Waals surface area contributed by atoms with Crippen molar-refractivity contribution in [2.24, 2.45) is 0 Å². The van der Waals surface area contributed by atoms with E-state index in [0.717, 1.165) is 5.06 Å². The fourth-order valence-corrected chi connectivity index (χ4v) is 1.50. The van der Waals surface area contributed by atoms with Crippen molar-refractivity contribution in [2.75, 3.05) is 23.9 Å². The van der Waals surface area contributed by atoms with Crippen LogP contribution in [0.5, 0.6) is 0 Å². The molecule has 0 aromatic heterocycles. The number of rotatable bonds is 6. The standard InChI is InChI=1S/C12H18ClN3O3/c1-8(13)12(18)15-6-11(7-17)16(19)10-4-2-9(14)3-5-10/h2-5,8,11,17,19H,6-7,14H2,1H3,(H,15,18). The Morgan fingerprint density at radius 3 is 2.53 bits per heavy atom. The van der Waals surface area contributed by atoms with Gasteiger partial charge in [0.05, 0.1) is 18.3 Å². The molecule has 0 aliphatic carbocycles. The Balaban J connectivity index is 2.63. The molecule has 7 heteroatoms. The Labute approximate surface area is 116 Å². The van der Waals surface area contributed by atoms with Gasteiger partial charge in [-0.25, -0.2) is 5.06 Å². The van der Waals surface area contributed by atoms with E-state index in [2.05, 4.69) is 5.32 Å². The van der Waals surface area contributed by atoms with Gasteiger partial charge in [-0.15, -0.1) is 11.6 Å². The van der Waals surface area contributed by atoms with Crippen molar-refractivity contribution in [3.63, 3.8) is 0 Å². The maximum atomic E-state index is 11.3. The molecule has 5 N–H and O–H groups in total. The van der Waals surface area contributed by atoms with Crippen molar-refractivity contribution in [1.82, 2.24) is 5.32 Å². The average molecular weight is 288 g/mol. The number of benzene rings is 1. The average Bonchev–Trinajstić information content (AvgIpc) is 2.39. The molecule has 0 aliphatic heterocycles. The number of nitrogens with one attached hydrogen (secondary N) is 1. The van der Waals surface area contributed by atoms with Gasteiger partial charge >= 0.3 is 0 Å². The third-order valence-electron chi connectivity index (χ3n) is 2.59. The van der Waals surface area contributed by atoms with Gasteiger partial charge in [0.25, 0.3) is 0 Å². The Morgan fingerprint density at radius 1 is 1.47 bits per heavy atom. The lowest BCUT2D eigenvalue weighted by Crippen LogP contribution is -2.46. The van der Waals surface area contributed by atoms with Crippen molar-refractivity contribution in [1.29, 1.82) is 0 Å². The largest absolute Gasteiger partial charge is 0.399 e. The summed E-state index contributed by atoms with van der Waals surface area (Å²) in [5.74, 6) is -0.356. The summed E-state index contributed by atoms with van der Waals surface area (Å²) in [5.41, 5.74) is 6.59.